The lowest BCUT2D eigenvalue weighted by Crippen LogP contribution is -2.41. The fraction of sp³-hybridized carbons (Fsp3) is 0.609. The summed E-state index contributed by atoms with van der Waals surface area (Å²) in [5.74, 6) is 1.31. The first-order valence-corrected chi connectivity index (χ1v) is 11.5. The number of piperidine rings is 1. The number of carbonyl (C=O) groups is 1. The number of halogens is 1. The number of aromatic nitrogens is 2. The summed E-state index contributed by atoms with van der Waals surface area (Å²) in [7, 11) is 1.67. The van der Waals surface area contributed by atoms with Gasteiger partial charge in [-0.25, -0.2) is 0 Å². The molecule has 0 atom stereocenters. The highest BCUT2D eigenvalue weighted by Gasteiger charge is 2.45. The quantitative estimate of drug-likeness (QED) is 0.544. The van der Waals surface area contributed by atoms with E-state index in [9.17, 15) is 4.79 Å². The minimum Gasteiger partial charge on any atom is -0.424 e. The summed E-state index contributed by atoms with van der Waals surface area (Å²) in [5, 5.41) is 9.29. The molecule has 2 aliphatic rings. The molecule has 168 valence electrons. The first-order valence-electron chi connectivity index (χ1n) is 11.1. The van der Waals surface area contributed by atoms with Crippen LogP contribution in [0.5, 0.6) is 0 Å². The molecule has 0 unspecified atom stereocenters. The van der Waals surface area contributed by atoms with Crippen molar-refractivity contribution in [1.29, 1.82) is 0 Å². The summed E-state index contributed by atoms with van der Waals surface area (Å²) in [6, 6.07) is 7.88. The predicted octanol–water partition coefficient (Wildman–Crippen LogP) is 3.78. The van der Waals surface area contributed by atoms with Crippen LogP contribution in [0.25, 0.3) is 0 Å². The van der Waals surface area contributed by atoms with E-state index in [2.05, 4.69) is 10.2 Å². The van der Waals surface area contributed by atoms with E-state index in [1.807, 2.05) is 29.2 Å². The Hall–Kier alpha value is -1.96. The Bertz CT molecular complexity index is 858. The lowest BCUT2D eigenvalue weighted by Gasteiger charge is -2.39. The first-order chi connectivity index (χ1) is 15.1. The number of rotatable bonds is 9. The molecular formula is C23H30ClN3O4. The van der Waals surface area contributed by atoms with Gasteiger partial charge in [0, 0.05) is 38.1 Å². The largest absolute Gasteiger partial charge is 0.424 e. The predicted molar refractivity (Wildman–Crippen MR) is 116 cm³/mol. The third-order valence-electron chi connectivity index (χ3n) is 6.47. The Morgan fingerprint density at radius 2 is 1.94 bits per heavy atom. The standard InChI is InChI=1S/C23H30ClN3O4/c1-29-15-16-30-19-9-13-27(14-10-19)21(28)8-7-20-25-26-22(31-20)23(11-2-12-23)17-3-5-18(24)6-4-17/h3-6,19H,2,7-16H2,1H3. The zero-order valence-electron chi connectivity index (χ0n) is 18.0. The van der Waals surface area contributed by atoms with E-state index in [1.54, 1.807) is 7.11 Å². The molecule has 31 heavy (non-hydrogen) atoms. The number of methoxy groups -OCH3 is 1. The highest BCUT2D eigenvalue weighted by atomic mass is 35.5. The summed E-state index contributed by atoms with van der Waals surface area (Å²) < 4.78 is 16.8. The maximum absolute atomic E-state index is 12.6. The third kappa shape index (κ3) is 5.10. The van der Waals surface area contributed by atoms with Crippen LogP contribution < -0.4 is 0 Å². The maximum Gasteiger partial charge on any atom is 0.227 e. The van der Waals surface area contributed by atoms with Gasteiger partial charge in [0.15, 0.2) is 0 Å². The van der Waals surface area contributed by atoms with Crippen LogP contribution in [0, 0.1) is 0 Å². The SMILES string of the molecule is COCCOC1CCN(C(=O)CCc2nnc(C3(c4ccc(Cl)cc4)CCC3)o2)CC1. The zero-order chi connectivity index (χ0) is 21.7. The molecule has 0 radical (unpaired) electrons. The Balaban J connectivity index is 1.29. The fourth-order valence-corrected chi connectivity index (χ4v) is 4.54. The molecule has 1 amide bonds. The van der Waals surface area contributed by atoms with Gasteiger partial charge in [-0.15, -0.1) is 10.2 Å². The Morgan fingerprint density at radius 1 is 1.19 bits per heavy atom. The number of amides is 1. The van der Waals surface area contributed by atoms with Crippen molar-refractivity contribution in [1.82, 2.24) is 15.1 Å². The molecule has 0 N–H and O–H groups in total. The zero-order valence-corrected chi connectivity index (χ0v) is 18.8. The van der Waals surface area contributed by atoms with Gasteiger partial charge in [-0.05, 0) is 43.4 Å². The number of hydrogen-bond acceptors (Lipinski definition) is 6. The van der Waals surface area contributed by atoms with Crippen molar-refractivity contribution in [3.05, 3.63) is 46.6 Å². The van der Waals surface area contributed by atoms with Gasteiger partial charge in [0.05, 0.1) is 24.7 Å². The van der Waals surface area contributed by atoms with Crippen LogP contribution in [-0.4, -0.2) is 60.5 Å². The van der Waals surface area contributed by atoms with Crippen molar-refractivity contribution in [3.8, 4) is 0 Å². The highest BCUT2D eigenvalue weighted by molar-refractivity contribution is 6.30. The molecule has 1 aliphatic carbocycles. The topological polar surface area (TPSA) is 77.7 Å². The molecule has 1 aromatic carbocycles. The van der Waals surface area contributed by atoms with Crippen molar-refractivity contribution in [2.24, 2.45) is 0 Å². The molecule has 1 aliphatic heterocycles. The van der Waals surface area contributed by atoms with E-state index in [0.717, 1.165) is 50.8 Å². The molecule has 0 spiro atoms. The van der Waals surface area contributed by atoms with E-state index in [-0.39, 0.29) is 17.4 Å². The number of benzene rings is 1. The molecule has 1 aromatic heterocycles. The van der Waals surface area contributed by atoms with E-state index in [1.165, 1.54) is 0 Å². The monoisotopic (exact) mass is 447 g/mol. The van der Waals surface area contributed by atoms with Crippen LogP contribution in [-0.2, 0) is 26.1 Å². The number of nitrogens with zero attached hydrogens (tertiary/aromatic N) is 3. The van der Waals surface area contributed by atoms with Crippen LogP contribution >= 0.6 is 11.6 Å². The summed E-state index contributed by atoms with van der Waals surface area (Å²) in [6.07, 6.45) is 5.88. The van der Waals surface area contributed by atoms with Crippen LogP contribution in [0.15, 0.2) is 28.7 Å². The second-order valence-electron chi connectivity index (χ2n) is 8.39. The molecule has 8 heteroatoms. The van der Waals surface area contributed by atoms with Gasteiger partial charge in [0.2, 0.25) is 17.7 Å². The molecule has 2 aromatic rings. The number of likely N-dealkylation sites (tertiary alicyclic amines) is 1. The van der Waals surface area contributed by atoms with Gasteiger partial charge in [-0.3, -0.25) is 4.79 Å². The molecule has 0 bridgehead atoms. The number of ether oxygens (including phenoxy) is 2. The Morgan fingerprint density at radius 3 is 2.58 bits per heavy atom. The van der Waals surface area contributed by atoms with Crippen molar-refractivity contribution in [3.63, 3.8) is 0 Å². The van der Waals surface area contributed by atoms with Crippen LogP contribution in [0.1, 0.15) is 55.9 Å². The van der Waals surface area contributed by atoms with Crippen LogP contribution in [0.2, 0.25) is 5.02 Å². The van der Waals surface area contributed by atoms with Gasteiger partial charge < -0.3 is 18.8 Å². The average Bonchev–Trinajstić information content (AvgIpc) is 3.22. The second kappa shape index (κ2) is 10.1. The Labute approximate surface area is 188 Å². The smallest absolute Gasteiger partial charge is 0.227 e. The summed E-state index contributed by atoms with van der Waals surface area (Å²) in [4.78, 5) is 14.5. The van der Waals surface area contributed by atoms with Crippen molar-refractivity contribution in [2.45, 2.75) is 56.5 Å². The maximum atomic E-state index is 12.6. The van der Waals surface area contributed by atoms with E-state index in [4.69, 9.17) is 25.5 Å². The normalized spacial score (nSPS) is 18.7. The van der Waals surface area contributed by atoms with Gasteiger partial charge in [-0.2, -0.15) is 0 Å². The Kier molecular flexibility index (Phi) is 7.25. The second-order valence-corrected chi connectivity index (χ2v) is 8.82. The lowest BCUT2D eigenvalue weighted by atomic mass is 9.64. The number of carbonyl (C=O) groups excluding carboxylic acids is 1. The number of aryl methyl sites for hydroxylation is 1. The fourth-order valence-electron chi connectivity index (χ4n) is 4.42. The third-order valence-corrected chi connectivity index (χ3v) is 6.72. The van der Waals surface area contributed by atoms with E-state index >= 15 is 0 Å². The van der Waals surface area contributed by atoms with Crippen molar-refractivity contribution < 1.29 is 18.7 Å². The molecule has 1 saturated heterocycles. The van der Waals surface area contributed by atoms with Gasteiger partial charge >= 0.3 is 0 Å². The molecule has 7 nitrogen and oxygen atoms in total. The number of hydrogen-bond donors (Lipinski definition) is 0. The first kappa shape index (κ1) is 22.2. The molecule has 1 saturated carbocycles. The molecule has 2 heterocycles. The van der Waals surface area contributed by atoms with Crippen LogP contribution in [0.4, 0.5) is 0 Å². The summed E-state index contributed by atoms with van der Waals surface area (Å²) in [5.41, 5.74) is 0.940. The molecule has 2 fully saturated rings. The lowest BCUT2D eigenvalue weighted by molar-refractivity contribution is -0.134. The minimum atomic E-state index is -0.218. The van der Waals surface area contributed by atoms with E-state index < -0.39 is 0 Å². The average molecular weight is 448 g/mol. The summed E-state index contributed by atoms with van der Waals surface area (Å²) >= 11 is 6.05. The van der Waals surface area contributed by atoms with Gasteiger partial charge in [0.1, 0.15) is 0 Å². The van der Waals surface area contributed by atoms with Gasteiger partial charge in [-0.1, -0.05) is 30.2 Å². The summed E-state index contributed by atoms with van der Waals surface area (Å²) in [6.45, 7) is 2.66. The van der Waals surface area contributed by atoms with E-state index in [0.29, 0.717) is 42.9 Å². The van der Waals surface area contributed by atoms with Gasteiger partial charge in [0.25, 0.3) is 0 Å². The minimum absolute atomic E-state index is 0.131. The van der Waals surface area contributed by atoms with Crippen molar-refractivity contribution >= 4 is 17.5 Å². The van der Waals surface area contributed by atoms with Crippen molar-refractivity contribution in [2.75, 3.05) is 33.4 Å². The van der Waals surface area contributed by atoms with Crippen LogP contribution in [0.3, 0.4) is 0 Å². The molecular weight excluding hydrogens is 418 g/mol. The molecule has 4 rings (SSSR count). The highest BCUT2D eigenvalue weighted by Crippen LogP contribution is 2.48.